The van der Waals surface area contributed by atoms with Crippen molar-refractivity contribution >= 4 is 21.8 Å². The number of benzene rings is 2. The number of rotatable bonds is 6. The summed E-state index contributed by atoms with van der Waals surface area (Å²) in [5, 5.41) is 12.4. The van der Waals surface area contributed by atoms with Gasteiger partial charge in [0.25, 0.3) is 0 Å². The molecule has 1 heterocycles. The number of likely N-dealkylation sites (tertiary alicyclic amines) is 1. The van der Waals surface area contributed by atoms with E-state index in [2.05, 4.69) is 5.32 Å². The number of sulfone groups is 1. The quantitative estimate of drug-likeness (QED) is 0.562. The van der Waals surface area contributed by atoms with Gasteiger partial charge in [0.05, 0.1) is 6.07 Å². The second kappa shape index (κ2) is 10.6. The summed E-state index contributed by atoms with van der Waals surface area (Å²) in [5.41, 5.74) is 0.0756. The summed E-state index contributed by atoms with van der Waals surface area (Å²) in [6.45, 7) is 5.25. The van der Waals surface area contributed by atoms with Gasteiger partial charge in [0.1, 0.15) is 34.2 Å². The molecule has 0 radical (unpaired) electrons. The molecule has 0 aromatic heterocycles. The Morgan fingerprint density at radius 2 is 1.79 bits per heavy atom. The van der Waals surface area contributed by atoms with Crippen LogP contribution in [0.25, 0.3) is 11.1 Å². The smallest absolute Gasteiger partial charge is 0.411 e. The number of carbonyl (C=O) groups is 2. The Bertz CT molecular complexity index is 1450. The van der Waals surface area contributed by atoms with E-state index in [1.54, 1.807) is 20.8 Å². The summed E-state index contributed by atoms with van der Waals surface area (Å²) < 4.78 is 58.2. The van der Waals surface area contributed by atoms with Gasteiger partial charge in [-0.25, -0.2) is 22.0 Å². The van der Waals surface area contributed by atoms with Gasteiger partial charge in [-0.05, 0) is 80.8 Å². The number of nitrogens with zero attached hydrogens (tertiary/aromatic N) is 2. The number of ether oxygens (including phenoxy) is 1. The lowest BCUT2D eigenvalue weighted by Gasteiger charge is -2.35. The van der Waals surface area contributed by atoms with Gasteiger partial charge >= 0.3 is 6.09 Å². The van der Waals surface area contributed by atoms with Crippen LogP contribution in [0.2, 0.25) is 0 Å². The van der Waals surface area contributed by atoms with Crippen molar-refractivity contribution in [2.45, 2.75) is 75.1 Å². The van der Waals surface area contributed by atoms with Crippen LogP contribution in [0.5, 0.6) is 0 Å². The fraction of sp³-hybridized carbons (Fsp3) is 0.464. The molecule has 1 aliphatic heterocycles. The van der Waals surface area contributed by atoms with E-state index in [9.17, 15) is 27.7 Å². The molecule has 208 valence electrons. The molecule has 4 rings (SSSR count). The zero-order chi connectivity index (χ0) is 28.7. The first-order chi connectivity index (χ1) is 18.2. The highest BCUT2D eigenvalue weighted by atomic mass is 32.2. The van der Waals surface area contributed by atoms with E-state index in [-0.39, 0.29) is 23.9 Å². The number of hydrogen-bond acceptors (Lipinski definition) is 6. The normalized spacial score (nSPS) is 21.4. The molecule has 2 amide bonds. The Balaban J connectivity index is 1.49. The Morgan fingerprint density at radius 1 is 1.13 bits per heavy atom. The summed E-state index contributed by atoms with van der Waals surface area (Å²) in [4.78, 5) is 27.1. The molecule has 1 saturated carbocycles. The molecule has 1 aliphatic carbocycles. The zero-order valence-electron chi connectivity index (χ0n) is 22.2. The fourth-order valence-electron chi connectivity index (χ4n) is 5.37. The lowest BCUT2D eigenvalue weighted by atomic mass is 9.97. The Kier molecular flexibility index (Phi) is 7.72. The minimum Gasteiger partial charge on any atom is -0.444 e. The maximum absolute atomic E-state index is 15.0. The van der Waals surface area contributed by atoms with Crippen molar-refractivity contribution in [3.05, 3.63) is 53.6 Å². The van der Waals surface area contributed by atoms with Crippen LogP contribution in [0, 0.1) is 28.9 Å². The predicted octanol–water partition coefficient (Wildman–Crippen LogP) is 4.37. The Hall–Kier alpha value is -3.52. The van der Waals surface area contributed by atoms with Crippen LogP contribution >= 0.6 is 0 Å². The molecule has 1 N–H and O–H groups in total. The average Bonchev–Trinajstić information content (AvgIpc) is 3.45. The Labute approximate surface area is 226 Å². The number of piperidine rings is 1. The predicted molar refractivity (Wildman–Crippen MR) is 139 cm³/mol. The van der Waals surface area contributed by atoms with E-state index < -0.39 is 56.1 Å². The minimum atomic E-state index is -3.82. The molecular formula is C28H31F2N3O5S. The maximum Gasteiger partial charge on any atom is 0.411 e. The topological polar surface area (TPSA) is 117 Å². The first-order valence-electron chi connectivity index (χ1n) is 12.7. The monoisotopic (exact) mass is 559 g/mol. The van der Waals surface area contributed by atoms with Gasteiger partial charge in [-0.1, -0.05) is 18.2 Å². The number of fused-ring (bicyclic) bond motifs is 2. The third kappa shape index (κ3) is 6.22. The van der Waals surface area contributed by atoms with Gasteiger partial charge < -0.3 is 10.1 Å². The van der Waals surface area contributed by atoms with E-state index in [1.807, 2.05) is 6.07 Å². The number of halogens is 2. The molecular weight excluding hydrogens is 528 g/mol. The molecule has 2 bridgehead atoms. The average molecular weight is 560 g/mol. The van der Waals surface area contributed by atoms with Crippen molar-refractivity contribution in [3.8, 4) is 17.2 Å². The van der Waals surface area contributed by atoms with Gasteiger partial charge in [-0.2, -0.15) is 5.26 Å². The number of nitrogens with one attached hydrogen (secondary N) is 1. The summed E-state index contributed by atoms with van der Waals surface area (Å²) in [6, 6.07) is 7.73. The second-order valence-electron chi connectivity index (χ2n) is 11.2. The maximum atomic E-state index is 15.0. The van der Waals surface area contributed by atoms with Gasteiger partial charge in [0.2, 0.25) is 5.91 Å². The van der Waals surface area contributed by atoms with Crippen LogP contribution in [0.1, 0.15) is 45.6 Å². The zero-order valence-corrected chi connectivity index (χ0v) is 23.0. The molecule has 2 aromatic rings. The fourth-order valence-corrected chi connectivity index (χ4v) is 6.13. The van der Waals surface area contributed by atoms with E-state index >= 15 is 4.39 Å². The molecule has 1 saturated heterocycles. The molecule has 2 aromatic carbocycles. The summed E-state index contributed by atoms with van der Waals surface area (Å²) in [6.07, 6.45) is 2.46. The van der Waals surface area contributed by atoms with Crippen LogP contribution in [-0.2, 0) is 25.8 Å². The van der Waals surface area contributed by atoms with Gasteiger partial charge in [0, 0.05) is 18.7 Å². The second-order valence-corrected chi connectivity index (χ2v) is 13.2. The number of hydrogen-bond donors (Lipinski definition) is 1. The van der Waals surface area contributed by atoms with Crippen LogP contribution in [0.15, 0.2) is 41.3 Å². The molecule has 4 atom stereocenters. The highest BCUT2D eigenvalue weighted by Crippen LogP contribution is 2.43. The van der Waals surface area contributed by atoms with E-state index in [1.165, 1.54) is 29.2 Å². The minimum absolute atomic E-state index is 0.0367. The number of carbonyl (C=O) groups excluding carboxylic acids is 2. The van der Waals surface area contributed by atoms with Crippen molar-refractivity contribution < 1.29 is 31.5 Å². The van der Waals surface area contributed by atoms with E-state index in [0.717, 1.165) is 31.2 Å². The molecule has 8 nitrogen and oxygen atoms in total. The van der Waals surface area contributed by atoms with Crippen LogP contribution in [0.3, 0.4) is 0 Å². The molecule has 11 heteroatoms. The SMILES string of the molecule is CC(C)(C)OC(=O)N1[C@@H]2CC[C@@H](C2)[C@H]1C(=O)N[C@H](C#N)Cc1ccc(-c2ccc(F)c(S(C)(=O)=O)c2)cc1F. The third-order valence-corrected chi connectivity index (χ3v) is 8.18. The van der Waals surface area contributed by atoms with E-state index in [4.69, 9.17) is 4.74 Å². The number of amides is 2. The lowest BCUT2D eigenvalue weighted by Crippen LogP contribution is -2.55. The standard InChI is InChI=1S/C28H31F2N3O5S/c1-28(2,3)38-27(35)33-21-9-7-19(12-21)25(33)26(34)32-20(15-31)11-18-6-5-16(13-23(18)30)17-8-10-22(29)24(14-17)39(4,36)37/h5-6,8,10,13-14,19-21,25H,7,9,11-12H2,1-4H3,(H,32,34)/t19-,20-,21+,25-/m0/s1. The van der Waals surface area contributed by atoms with Gasteiger partial charge in [-0.15, -0.1) is 0 Å². The lowest BCUT2D eigenvalue weighted by molar-refractivity contribution is -0.128. The summed E-state index contributed by atoms with van der Waals surface area (Å²) in [5.74, 6) is -2.07. The third-order valence-electron chi connectivity index (χ3n) is 7.07. The van der Waals surface area contributed by atoms with Gasteiger partial charge in [-0.3, -0.25) is 9.69 Å². The highest BCUT2D eigenvalue weighted by Gasteiger charge is 2.52. The number of nitriles is 1. The highest BCUT2D eigenvalue weighted by molar-refractivity contribution is 7.90. The van der Waals surface area contributed by atoms with Crippen molar-refractivity contribution in [1.29, 1.82) is 5.26 Å². The van der Waals surface area contributed by atoms with Crippen LogP contribution < -0.4 is 5.32 Å². The summed E-state index contributed by atoms with van der Waals surface area (Å²) >= 11 is 0. The summed E-state index contributed by atoms with van der Waals surface area (Å²) in [7, 11) is -3.82. The molecule has 2 fully saturated rings. The van der Waals surface area contributed by atoms with Crippen molar-refractivity contribution in [3.63, 3.8) is 0 Å². The largest absolute Gasteiger partial charge is 0.444 e. The van der Waals surface area contributed by atoms with Crippen molar-refractivity contribution in [2.24, 2.45) is 5.92 Å². The first-order valence-corrected chi connectivity index (χ1v) is 14.6. The van der Waals surface area contributed by atoms with Crippen molar-refractivity contribution in [1.82, 2.24) is 10.2 Å². The first kappa shape index (κ1) is 28.5. The molecule has 2 aliphatic rings. The molecule has 0 unspecified atom stereocenters. The molecule has 0 spiro atoms. The van der Waals surface area contributed by atoms with E-state index in [0.29, 0.717) is 17.5 Å². The van der Waals surface area contributed by atoms with Gasteiger partial charge in [0.15, 0.2) is 9.84 Å². The molecule has 39 heavy (non-hydrogen) atoms. The Morgan fingerprint density at radius 3 is 2.41 bits per heavy atom. The van der Waals surface area contributed by atoms with Crippen LogP contribution in [0.4, 0.5) is 13.6 Å². The van der Waals surface area contributed by atoms with Crippen LogP contribution in [-0.4, -0.2) is 55.3 Å². The van der Waals surface area contributed by atoms with Crippen molar-refractivity contribution in [2.75, 3.05) is 6.26 Å².